The van der Waals surface area contributed by atoms with Gasteiger partial charge in [0.2, 0.25) is 0 Å². The Hall–Kier alpha value is -3.64. The smallest absolute Gasteiger partial charge is 0.271 e. The number of benzene rings is 1. The van der Waals surface area contributed by atoms with Gasteiger partial charge in [-0.25, -0.2) is 13.5 Å². The summed E-state index contributed by atoms with van der Waals surface area (Å²) in [6.45, 7) is 1.29. The summed E-state index contributed by atoms with van der Waals surface area (Å²) in [7, 11) is 0. The number of ether oxygens (including phenoxy) is 2. The summed E-state index contributed by atoms with van der Waals surface area (Å²) in [5.41, 5.74) is -0.669. The van der Waals surface area contributed by atoms with Crippen LogP contribution in [0, 0.1) is 17.6 Å². The van der Waals surface area contributed by atoms with Crippen molar-refractivity contribution in [3.8, 4) is 11.5 Å². The zero-order valence-electron chi connectivity index (χ0n) is 18.8. The number of amides is 1. The number of rotatable bonds is 9. The van der Waals surface area contributed by atoms with Gasteiger partial charge in [-0.15, -0.1) is 0 Å². The molecule has 1 aliphatic heterocycles. The lowest BCUT2D eigenvalue weighted by atomic mass is 9.92. The number of anilines is 1. The first-order chi connectivity index (χ1) is 16.9. The maximum absolute atomic E-state index is 13.9. The second-order valence-corrected chi connectivity index (χ2v) is 8.11. The van der Waals surface area contributed by atoms with Crippen LogP contribution in [0.3, 0.4) is 0 Å². The molecule has 1 aromatic carbocycles. The standard InChI is InChI=1S/C23H25F2N5O5/c24-17-2-1-3-18(25)22(17)35-16-13-21(32)30(26-14-16)19(12-15-5-10-34-11-6-15)23(33)27-20-4-7-29(28-20)8-9-31/h1-4,7,13-15,19,31H,5-6,8-12H2,(H,27,28,33)/t19-/m1/s1. The summed E-state index contributed by atoms with van der Waals surface area (Å²) in [6.07, 6.45) is 4.54. The quantitative estimate of drug-likeness (QED) is 0.474. The maximum Gasteiger partial charge on any atom is 0.271 e. The number of nitrogens with zero attached hydrogens (tertiary/aromatic N) is 4. The van der Waals surface area contributed by atoms with E-state index in [-0.39, 0.29) is 30.6 Å². The molecule has 1 saturated heterocycles. The largest absolute Gasteiger partial charge is 0.449 e. The second-order valence-electron chi connectivity index (χ2n) is 8.11. The van der Waals surface area contributed by atoms with Crippen molar-refractivity contribution >= 4 is 11.7 Å². The number of aromatic nitrogens is 4. The van der Waals surface area contributed by atoms with Gasteiger partial charge in [-0.3, -0.25) is 14.3 Å². The fraction of sp³-hybridized carbons (Fsp3) is 0.391. The predicted molar refractivity (Wildman–Crippen MR) is 120 cm³/mol. The average molecular weight is 489 g/mol. The molecule has 0 saturated carbocycles. The molecule has 35 heavy (non-hydrogen) atoms. The molecule has 12 heteroatoms. The molecule has 1 aliphatic rings. The van der Waals surface area contributed by atoms with E-state index in [2.05, 4.69) is 15.5 Å². The summed E-state index contributed by atoms with van der Waals surface area (Å²) >= 11 is 0. The highest BCUT2D eigenvalue weighted by Gasteiger charge is 2.28. The molecular weight excluding hydrogens is 464 g/mol. The highest BCUT2D eigenvalue weighted by atomic mass is 19.1. The highest BCUT2D eigenvalue weighted by molar-refractivity contribution is 5.92. The molecular formula is C23H25F2N5O5. The maximum atomic E-state index is 13.9. The Morgan fingerprint density at radius 1 is 1.26 bits per heavy atom. The van der Waals surface area contributed by atoms with Gasteiger partial charge in [-0.1, -0.05) is 6.07 Å². The minimum atomic E-state index is -0.965. The molecule has 2 N–H and O–H groups in total. The van der Waals surface area contributed by atoms with Crippen LogP contribution in [-0.2, 0) is 16.1 Å². The van der Waals surface area contributed by atoms with E-state index in [4.69, 9.17) is 14.6 Å². The summed E-state index contributed by atoms with van der Waals surface area (Å²) in [5.74, 6) is -2.76. The number of nitrogens with one attached hydrogen (secondary N) is 1. The van der Waals surface area contributed by atoms with Crippen LogP contribution in [0.5, 0.6) is 11.5 Å². The van der Waals surface area contributed by atoms with Crippen molar-refractivity contribution in [1.82, 2.24) is 19.6 Å². The Kier molecular flexibility index (Phi) is 7.83. The SMILES string of the molecule is O=C(Nc1ccn(CCO)n1)[C@@H](CC1CCOCC1)n1ncc(Oc2c(F)cccc2F)cc1=O. The molecule has 1 fully saturated rings. The van der Waals surface area contributed by atoms with E-state index in [1.54, 1.807) is 12.3 Å². The number of carbonyl (C=O) groups excluding carboxylic acids is 1. The Labute approximate surface area is 199 Å². The van der Waals surface area contributed by atoms with Crippen molar-refractivity contribution in [2.45, 2.75) is 31.8 Å². The van der Waals surface area contributed by atoms with Crippen molar-refractivity contribution in [3.05, 3.63) is 64.7 Å². The van der Waals surface area contributed by atoms with Crippen molar-refractivity contribution in [1.29, 1.82) is 0 Å². The van der Waals surface area contributed by atoms with Gasteiger partial charge in [0.15, 0.2) is 29.0 Å². The Morgan fingerprint density at radius 2 is 2.00 bits per heavy atom. The number of hydrogen-bond acceptors (Lipinski definition) is 7. The van der Waals surface area contributed by atoms with Crippen molar-refractivity contribution < 1.29 is 28.2 Å². The molecule has 0 bridgehead atoms. The van der Waals surface area contributed by atoms with Crippen LogP contribution in [-0.4, -0.2) is 50.4 Å². The zero-order chi connectivity index (χ0) is 24.8. The monoisotopic (exact) mass is 489 g/mol. The minimum absolute atomic E-state index is 0.105. The molecule has 1 atom stereocenters. The third-order valence-electron chi connectivity index (χ3n) is 5.66. The van der Waals surface area contributed by atoms with Crippen molar-refractivity contribution in [2.75, 3.05) is 25.1 Å². The van der Waals surface area contributed by atoms with Gasteiger partial charge in [0, 0.05) is 31.5 Å². The molecule has 10 nitrogen and oxygen atoms in total. The third kappa shape index (κ3) is 6.08. The first kappa shape index (κ1) is 24.5. The number of aliphatic hydroxyl groups excluding tert-OH is 1. The van der Waals surface area contributed by atoms with Crippen LogP contribution >= 0.6 is 0 Å². The van der Waals surface area contributed by atoms with Crippen molar-refractivity contribution in [3.63, 3.8) is 0 Å². The van der Waals surface area contributed by atoms with E-state index in [0.717, 1.165) is 41.9 Å². The van der Waals surface area contributed by atoms with Crippen LogP contribution in [0.15, 0.2) is 47.5 Å². The van der Waals surface area contributed by atoms with Crippen LogP contribution in [0.2, 0.25) is 0 Å². The van der Waals surface area contributed by atoms with Crippen molar-refractivity contribution in [2.24, 2.45) is 5.92 Å². The molecule has 2 aromatic heterocycles. The molecule has 3 heterocycles. The lowest BCUT2D eigenvalue weighted by Gasteiger charge is -2.26. The van der Waals surface area contributed by atoms with Crippen LogP contribution in [0.25, 0.3) is 0 Å². The normalized spacial score (nSPS) is 15.1. The number of carbonyl (C=O) groups is 1. The molecule has 4 rings (SSSR count). The van der Waals surface area contributed by atoms with E-state index in [9.17, 15) is 18.4 Å². The second kappa shape index (κ2) is 11.2. The van der Waals surface area contributed by atoms with Crippen LogP contribution in [0.1, 0.15) is 25.3 Å². The Bertz CT molecular complexity index is 1200. The van der Waals surface area contributed by atoms with E-state index in [0.29, 0.717) is 19.6 Å². The molecule has 186 valence electrons. The number of aliphatic hydroxyl groups is 1. The summed E-state index contributed by atoms with van der Waals surface area (Å²) < 4.78 is 40.9. The van der Waals surface area contributed by atoms with Gasteiger partial charge in [-0.05, 0) is 37.3 Å². The summed E-state index contributed by atoms with van der Waals surface area (Å²) in [5, 5.41) is 20.0. The van der Waals surface area contributed by atoms with E-state index < -0.39 is 34.9 Å². The van der Waals surface area contributed by atoms with E-state index in [1.165, 1.54) is 10.7 Å². The minimum Gasteiger partial charge on any atom is -0.449 e. The summed E-state index contributed by atoms with van der Waals surface area (Å²) in [6, 6.07) is 4.90. The fourth-order valence-corrected chi connectivity index (χ4v) is 3.87. The number of halogens is 2. The third-order valence-corrected chi connectivity index (χ3v) is 5.66. The van der Waals surface area contributed by atoms with Gasteiger partial charge >= 0.3 is 0 Å². The zero-order valence-corrected chi connectivity index (χ0v) is 18.8. The molecule has 0 spiro atoms. The van der Waals surface area contributed by atoms with Gasteiger partial charge in [0.05, 0.1) is 19.3 Å². The number of hydrogen-bond donors (Lipinski definition) is 2. The highest BCUT2D eigenvalue weighted by Crippen LogP contribution is 2.28. The van der Waals surface area contributed by atoms with Gasteiger partial charge in [0.1, 0.15) is 6.04 Å². The number of para-hydroxylation sites is 1. The molecule has 1 amide bonds. The van der Waals surface area contributed by atoms with Gasteiger partial charge < -0.3 is 19.9 Å². The lowest BCUT2D eigenvalue weighted by Crippen LogP contribution is -2.36. The summed E-state index contributed by atoms with van der Waals surface area (Å²) in [4.78, 5) is 26.1. The first-order valence-corrected chi connectivity index (χ1v) is 11.2. The van der Waals surface area contributed by atoms with Gasteiger partial charge in [-0.2, -0.15) is 10.2 Å². The molecule has 0 aliphatic carbocycles. The van der Waals surface area contributed by atoms with Gasteiger partial charge in [0.25, 0.3) is 11.5 Å². The molecule has 0 radical (unpaired) electrons. The average Bonchev–Trinajstić information content (AvgIpc) is 3.28. The molecule has 3 aromatic rings. The molecule has 0 unspecified atom stereocenters. The lowest BCUT2D eigenvalue weighted by molar-refractivity contribution is -0.120. The van der Waals surface area contributed by atoms with E-state index >= 15 is 0 Å². The fourth-order valence-electron chi connectivity index (χ4n) is 3.87. The topological polar surface area (TPSA) is 120 Å². The first-order valence-electron chi connectivity index (χ1n) is 11.2. The Balaban J connectivity index is 1.57. The van der Waals surface area contributed by atoms with Crippen LogP contribution < -0.4 is 15.6 Å². The van der Waals surface area contributed by atoms with E-state index in [1.807, 2.05) is 0 Å². The Morgan fingerprint density at radius 3 is 2.69 bits per heavy atom. The predicted octanol–water partition coefficient (Wildman–Crippen LogP) is 2.50. The van der Waals surface area contributed by atoms with Crippen LogP contribution in [0.4, 0.5) is 14.6 Å².